The van der Waals surface area contributed by atoms with Crippen LogP contribution in [0.3, 0.4) is 0 Å². The quantitative estimate of drug-likeness (QED) is 0.294. The number of thiocarbonyl (C=S) groups is 1. The Morgan fingerprint density at radius 2 is 1.96 bits per heavy atom. The van der Waals surface area contributed by atoms with E-state index in [0.717, 1.165) is 17.8 Å². The molecule has 0 aliphatic rings. The molecule has 2 aromatic carbocycles. The Morgan fingerprint density at radius 1 is 1.26 bits per heavy atom. The summed E-state index contributed by atoms with van der Waals surface area (Å²) >= 11 is 10.9. The van der Waals surface area contributed by atoms with Crippen LogP contribution in [-0.4, -0.2) is 26.3 Å². The average Bonchev–Trinajstić information content (AvgIpc) is 2.58. The molecule has 12 heteroatoms. The van der Waals surface area contributed by atoms with Gasteiger partial charge in [0.25, 0.3) is 5.69 Å². The van der Waals surface area contributed by atoms with Gasteiger partial charge in [-0.05, 0) is 42.9 Å². The summed E-state index contributed by atoms with van der Waals surface area (Å²) in [7, 11) is 0. The molecule has 0 atom stereocenters. The predicted octanol–water partition coefficient (Wildman–Crippen LogP) is 3.49. The van der Waals surface area contributed by atoms with Crippen LogP contribution in [0.25, 0.3) is 0 Å². The highest BCUT2D eigenvalue weighted by molar-refractivity contribution is 7.80. The highest BCUT2D eigenvalue weighted by Crippen LogP contribution is 2.33. The number of phenols is 1. The van der Waals surface area contributed by atoms with Crippen LogP contribution in [0.4, 0.5) is 17.1 Å². The van der Waals surface area contributed by atoms with Gasteiger partial charge in [-0.2, -0.15) is 5.10 Å². The zero-order valence-corrected chi connectivity index (χ0v) is 15.2. The van der Waals surface area contributed by atoms with Gasteiger partial charge < -0.3 is 10.4 Å². The third kappa shape index (κ3) is 5.09. The minimum Gasteiger partial charge on any atom is -0.502 e. The number of phenolic OH excluding ortho intramolecular Hbond substituents is 1. The van der Waals surface area contributed by atoms with Crippen molar-refractivity contribution in [1.82, 2.24) is 5.43 Å². The Labute approximate surface area is 162 Å². The molecule has 140 valence electrons. The number of rotatable bonds is 5. The molecule has 0 spiro atoms. The highest BCUT2D eigenvalue weighted by Gasteiger charge is 2.23. The van der Waals surface area contributed by atoms with Crippen LogP contribution in [0.1, 0.15) is 11.1 Å². The molecule has 10 nitrogen and oxygen atoms in total. The number of nitro benzene ring substituents is 2. The molecule has 0 fully saturated rings. The second-order valence-corrected chi connectivity index (χ2v) is 6.05. The van der Waals surface area contributed by atoms with Gasteiger partial charge in [0.05, 0.1) is 27.7 Å². The molecular formula is C15H12ClN5O5S. The molecule has 0 heterocycles. The predicted molar refractivity (Wildman–Crippen MR) is 105 cm³/mol. The van der Waals surface area contributed by atoms with E-state index in [4.69, 9.17) is 23.8 Å². The van der Waals surface area contributed by atoms with Gasteiger partial charge in [-0.1, -0.05) is 11.6 Å². The van der Waals surface area contributed by atoms with E-state index in [1.165, 1.54) is 0 Å². The Hall–Kier alpha value is -3.31. The van der Waals surface area contributed by atoms with Crippen molar-refractivity contribution in [3.05, 3.63) is 66.7 Å². The minimum absolute atomic E-state index is 0.0936. The molecule has 2 rings (SSSR count). The maximum Gasteiger partial charge on any atom is 0.318 e. The fourth-order valence-corrected chi connectivity index (χ4v) is 2.44. The largest absolute Gasteiger partial charge is 0.502 e. The zero-order valence-electron chi connectivity index (χ0n) is 13.7. The number of aromatic hydroxyl groups is 1. The Balaban J connectivity index is 2.16. The first-order chi connectivity index (χ1) is 12.7. The summed E-state index contributed by atoms with van der Waals surface area (Å²) in [6.07, 6.45) is 0.984. The van der Waals surface area contributed by atoms with Gasteiger partial charge in [-0.25, -0.2) is 0 Å². The molecule has 27 heavy (non-hydrogen) atoms. The van der Waals surface area contributed by atoms with E-state index in [0.29, 0.717) is 16.8 Å². The van der Waals surface area contributed by atoms with Crippen LogP contribution in [0.15, 0.2) is 35.4 Å². The molecule has 0 saturated carbocycles. The van der Waals surface area contributed by atoms with Crippen molar-refractivity contribution in [2.45, 2.75) is 6.92 Å². The number of nitrogens with zero attached hydrogens (tertiary/aromatic N) is 3. The molecule has 0 aromatic heterocycles. The topological polar surface area (TPSA) is 143 Å². The summed E-state index contributed by atoms with van der Waals surface area (Å²) in [5.41, 5.74) is 2.40. The van der Waals surface area contributed by atoms with E-state index in [1.807, 2.05) is 6.92 Å². The van der Waals surface area contributed by atoms with Gasteiger partial charge in [0, 0.05) is 16.8 Å². The molecule has 2 aromatic rings. The fourth-order valence-electron chi connectivity index (χ4n) is 2.05. The molecule has 0 amide bonds. The van der Waals surface area contributed by atoms with Gasteiger partial charge in [-0.3, -0.25) is 25.7 Å². The van der Waals surface area contributed by atoms with Crippen LogP contribution < -0.4 is 10.7 Å². The standard InChI is InChI=1S/C15H12ClN5O5S/c1-8-4-10(16)2-3-12(8)18-15(27)19-17-7-9-5-11(20(23)24)6-13(14(9)22)21(25)26/h2-7,22H,1H3,(H2,18,19,27)/b17-7+. The number of hydrogen-bond donors (Lipinski definition) is 3. The summed E-state index contributed by atoms with van der Waals surface area (Å²) < 4.78 is 0. The summed E-state index contributed by atoms with van der Waals surface area (Å²) in [4.78, 5) is 20.1. The molecular weight excluding hydrogens is 398 g/mol. The Bertz CT molecular complexity index is 966. The van der Waals surface area contributed by atoms with Gasteiger partial charge in [0.15, 0.2) is 5.11 Å². The molecule has 0 aliphatic carbocycles. The van der Waals surface area contributed by atoms with Gasteiger partial charge >= 0.3 is 5.69 Å². The van der Waals surface area contributed by atoms with Crippen molar-refractivity contribution in [3.8, 4) is 5.75 Å². The summed E-state index contributed by atoms with van der Waals surface area (Å²) in [5.74, 6) is -0.747. The number of hydrazone groups is 1. The molecule has 0 unspecified atom stereocenters. The Morgan fingerprint density at radius 3 is 2.56 bits per heavy atom. The van der Waals surface area contributed by atoms with Crippen molar-refractivity contribution in [2.24, 2.45) is 5.10 Å². The minimum atomic E-state index is -0.928. The number of benzene rings is 2. The lowest BCUT2D eigenvalue weighted by Crippen LogP contribution is -2.24. The van der Waals surface area contributed by atoms with Gasteiger partial charge in [-0.15, -0.1) is 0 Å². The van der Waals surface area contributed by atoms with Crippen LogP contribution in [0.5, 0.6) is 5.75 Å². The number of aryl methyl sites for hydroxylation is 1. The van der Waals surface area contributed by atoms with Gasteiger partial charge in [0.2, 0.25) is 5.75 Å². The summed E-state index contributed by atoms with van der Waals surface area (Å²) in [5, 5.41) is 38.9. The average molecular weight is 410 g/mol. The summed E-state index contributed by atoms with van der Waals surface area (Å²) in [6, 6.07) is 6.73. The van der Waals surface area contributed by atoms with Crippen molar-refractivity contribution >= 4 is 52.2 Å². The lowest BCUT2D eigenvalue weighted by atomic mass is 10.1. The number of halogens is 1. The van der Waals surface area contributed by atoms with Crippen LogP contribution in [0.2, 0.25) is 5.02 Å². The molecule has 0 radical (unpaired) electrons. The van der Waals surface area contributed by atoms with Crippen LogP contribution in [-0.2, 0) is 0 Å². The van der Waals surface area contributed by atoms with Gasteiger partial charge in [0.1, 0.15) is 0 Å². The first-order valence-corrected chi connectivity index (χ1v) is 7.99. The maximum atomic E-state index is 10.9. The molecule has 0 bridgehead atoms. The van der Waals surface area contributed by atoms with E-state index < -0.39 is 27.0 Å². The second-order valence-electron chi connectivity index (χ2n) is 5.20. The SMILES string of the molecule is Cc1cc(Cl)ccc1NC(=S)N/N=C/c1cc([N+](=O)[O-])cc([N+](=O)[O-])c1O. The molecule has 3 N–H and O–H groups in total. The first kappa shape index (κ1) is 20.0. The third-order valence-electron chi connectivity index (χ3n) is 3.32. The summed E-state index contributed by atoms with van der Waals surface area (Å²) in [6.45, 7) is 1.82. The highest BCUT2D eigenvalue weighted by atomic mass is 35.5. The fraction of sp³-hybridized carbons (Fsp3) is 0.0667. The van der Waals surface area contributed by atoms with E-state index in [-0.39, 0.29) is 10.7 Å². The second kappa shape index (κ2) is 8.38. The van der Waals surface area contributed by atoms with Crippen LogP contribution in [0, 0.1) is 27.2 Å². The van der Waals surface area contributed by atoms with E-state index >= 15 is 0 Å². The van der Waals surface area contributed by atoms with Crippen LogP contribution >= 0.6 is 23.8 Å². The lowest BCUT2D eigenvalue weighted by molar-refractivity contribution is -0.394. The normalized spacial score (nSPS) is 10.6. The van der Waals surface area contributed by atoms with E-state index in [2.05, 4.69) is 15.8 Å². The van der Waals surface area contributed by atoms with Crippen molar-refractivity contribution in [1.29, 1.82) is 0 Å². The van der Waals surface area contributed by atoms with Crippen molar-refractivity contribution in [2.75, 3.05) is 5.32 Å². The number of hydrogen-bond acceptors (Lipinski definition) is 7. The van der Waals surface area contributed by atoms with E-state index in [1.54, 1.807) is 18.2 Å². The maximum absolute atomic E-state index is 10.9. The van der Waals surface area contributed by atoms with Crippen molar-refractivity contribution < 1.29 is 15.0 Å². The van der Waals surface area contributed by atoms with E-state index in [9.17, 15) is 25.3 Å². The third-order valence-corrected chi connectivity index (χ3v) is 3.75. The molecule has 0 aliphatic heterocycles. The van der Waals surface area contributed by atoms with Crippen molar-refractivity contribution in [3.63, 3.8) is 0 Å². The number of nitro groups is 2. The number of anilines is 1. The zero-order chi connectivity index (χ0) is 20.1. The monoisotopic (exact) mass is 409 g/mol. The first-order valence-electron chi connectivity index (χ1n) is 7.21. The smallest absolute Gasteiger partial charge is 0.318 e. The number of non-ortho nitro benzene ring substituents is 1. The number of nitrogens with one attached hydrogen (secondary N) is 2. The molecule has 0 saturated heterocycles. The lowest BCUT2D eigenvalue weighted by Gasteiger charge is -2.10. The Kier molecular flexibility index (Phi) is 6.21.